The molecule has 1 atom stereocenters. The van der Waals surface area contributed by atoms with Gasteiger partial charge >= 0.3 is 5.97 Å². The summed E-state index contributed by atoms with van der Waals surface area (Å²) in [5.74, 6) is -1.20. The number of hydrogen-bond acceptors (Lipinski definition) is 3. The molecule has 0 radical (unpaired) electrons. The molecule has 0 saturated carbocycles. The molecule has 1 aliphatic rings. The van der Waals surface area contributed by atoms with Gasteiger partial charge in [0.2, 0.25) is 10.0 Å². The number of hydrogen-bond donors (Lipinski definition) is 1. The van der Waals surface area contributed by atoms with Crippen molar-refractivity contribution in [2.75, 3.05) is 12.3 Å². The second kappa shape index (κ2) is 3.86. The van der Waals surface area contributed by atoms with Crippen LogP contribution >= 0.6 is 0 Å². The lowest BCUT2D eigenvalue weighted by Crippen LogP contribution is -2.45. The van der Waals surface area contributed by atoms with Gasteiger partial charge in [0, 0.05) is 6.54 Å². The first-order valence-corrected chi connectivity index (χ1v) is 6.19. The average molecular weight is 221 g/mol. The number of carbonyl (C=O) groups is 1. The topological polar surface area (TPSA) is 74.7 Å². The van der Waals surface area contributed by atoms with Crippen LogP contribution in [0.1, 0.15) is 20.3 Å². The van der Waals surface area contributed by atoms with Gasteiger partial charge in [-0.05, 0) is 12.3 Å². The molecule has 1 rings (SSSR count). The molecule has 14 heavy (non-hydrogen) atoms. The van der Waals surface area contributed by atoms with Gasteiger partial charge in [-0.25, -0.2) is 8.42 Å². The number of sulfonamides is 1. The Morgan fingerprint density at radius 2 is 2.00 bits per heavy atom. The van der Waals surface area contributed by atoms with E-state index in [0.717, 1.165) is 4.31 Å². The summed E-state index contributed by atoms with van der Waals surface area (Å²) in [5, 5.41) is 8.93. The molecule has 0 spiro atoms. The van der Waals surface area contributed by atoms with Crippen LogP contribution in [0.3, 0.4) is 0 Å². The SMILES string of the molecule is CC(C)[C@H](C(=O)O)N1CCCS1(=O)=O. The number of nitrogens with zero attached hydrogens (tertiary/aromatic N) is 1. The van der Waals surface area contributed by atoms with Crippen molar-refractivity contribution in [1.29, 1.82) is 0 Å². The van der Waals surface area contributed by atoms with E-state index in [9.17, 15) is 13.2 Å². The van der Waals surface area contributed by atoms with Crippen molar-refractivity contribution in [1.82, 2.24) is 4.31 Å². The fraction of sp³-hybridized carbons (Fsp3) is 0.875. The number of carboxylic acid groups (broad SMARTS) is 1. The van der Waals surface area contributed by atoms with Gasteiger partial charge < -0.3 is 5.11 Å². The maximum atomic E-state index is 11.5. The molecular weight excluding hydrogens is 206 g/mol. The molecule has 0 amide bonds. The highest BCUT2D eigenvalue weighted by molar-refractivity contribution is 7.89. The van der Waals surface area contributed by atoms with Gasteiger partial charge in [0.05, 0.1) is 5.75 Å². The van der Waals surface area contributed by atoms with Crippen molar-refractivity contribution in [3.05, 3.63) is 0 Å². The lowest BCUT2D eigenvalue weighted by atomic mass is 10.0. The Hall–Kier alpha value is -0.620. The van der Waals surface area contributed by atoms with E-state index >= 15 is 0 Å². The minimum absolute atomic E-state index is 0.0729. The van der Waals surface area contributed by atoms with Gasteiger partial charge in [-0.2, -0.15) is 4.31 Å². The van der Waals surface area contributed by atoms with Crippen LogP contribution in [0.25, 0.3) is 0 Å². The molecule has 0 unspecified atom stereocenters. The lowest BCUT2D eigenvalue weighted by Gasteiger charge is -2.25. The first-order chi connectivity index (χ1) is 6.36. The monoisotopic (exact) mass is 221 g/mol. The van der Waals surface area contributed by atoms with Crippen molar-refractivity contribution in [2.45, 2.75) is 26.3 Å². The predicted octanol–water partition coefficient (Wildman–Crippen LogP) is 0.131. The van der Waals surface area contributed by atoms with Crippen LogP contribution in [0.5, 0.6) is 0 Å². The number of carboxylic acids is 1. The van der Waals surface area contributed by atoms with E-state index < -0.39 is 22.0 Å². The fourth-order valence-electron chi connectivity index (χ4n) is 1.71. The Kier molecular flexibility index (Phi) is 3.16. The first kappa shape index (κ1) is 11.5. The predicted molar refractivity (Wildman–Crippen MR) is 51.4 cm³/mol. The molecule has 1 N–H and O–H groups in total. The average Bonchev–Trinajstić information content (AvgIpc) is 2.29. The van der Waals surface area contributed by atoms with Crippen LogP contribution in [0.4, 0.5) is 0 Å². The Bertz CT molecular complexity index is 322. The van der Waals surface area contributed by atoms with Crippen molar-refractivity contribution in [2.24, 2.45) is 5.92 Å². The maximum Gasteiger partial charge on any atom is 0.322 e. The highest BCUT2D eigenvalue weighted by atomic mass is 32.2. The number of rotatable bonds is 3. The van der Waals surface area contributed by atoms with E-state index in [1.807, 2.05) is 0 Å². The van der Waals surface area contributed by atoms with Crippen LogP contribution < -0.4 is 0 Å². The van der Waals surface area contributed by atoms with E-state index in [-0.39, 0.29) is 11.7 Å². The van der Waals surface area contributed by atoms with E-state index in [0.29, 0.717) is 13.0 Å². The van der Waals surface area contributed by atoms with Gasteiger partial charge in [-0.3, -0.25) is 4.79 Å². The Balaban J connectivity index is 2.95. The summed E-state index contributed by atoms with van der Waals surface area (Å²) in [6, 6.07) is -0.914. The zero-order valence-corrected chi connectivity index (χ0v) is 9.12. The summed E-state index contributed by atoms with van der Waals surface area (Å²) in [4.78, 5) is 10.9. The molecule has 1 heterocycles. The normalized spacial score (nSPS) is 23.9. The molecule has 1 fully saturated rings. The molecule has 0 aromatic carbocycles. The standard InChI is InChI=1S/C8H15NO4S/c1-6(2)7(8(10)11)9-4-3-5-14(9,12)13/h6-7H,3-5H2,1-2H3,(H,10,11)/t7-/m1/s1. The van der Waals surface area contributed by atoms with Crippen molar-refractivity contribution < 1.29 is 18.3 Å². The van der Waals surface area contributed by atoms with Crippen LogP contribution in [-0.4, -0.2) is 42.1 Å². The fourth-order valence-corrected chi connectivity index (χ4v) is 3.53. The van der Waals surface area contributed by atoms with Crippen molar-refractivity contribution in [3.63, 3.8) is 0 Å². The summed E-state index contributed by atoms with van der Waals surface area (Å²) in [6.45, 7) is 3.76. The zero-order chi connectivity index (χ0) is 10.9. The Labute approximate surface area is 83.8 Å². The van der Waals surface area contributed by atoms with Gasteiger partial charge in [0.25, 0.3) is 0 Å². The van der Waals surface area contributed by atoms with Gasteiger partial charge in [-0.1, -0.05) is 13.8 Å². The molecule has 6 heteroatoms. The number of aliphatic carboxylic acids is 1. The summed E-state index contributed by atoms with van der Waals surface area (Å²) >= 11 is 0. The third-order valence-electron chi connectivity index (χ3n) is 2.33. The summed E-state index contributed by atoms with van der Waals surface area (Å²) in [6.07, 6.45) is 0.527. The summed E-state index contributed by atoms with van der Waals surface area (Å²) < 4.78 is 24.1. The summed E-state index contributed by atoms with van der Waals surface area (Å²) in [7, 11) is -3.32. The molecular formula is C8H15NO4S. The second-order valence-corrected chi connectivity index (χ2v) is 5.85. The van der Waals surface area contributed by atoms with Crippen LogP contribution in [-0.2, 0) is 14.8 Å². The van der Waals surface area contributed by atoms with E-state index in [4.69, 9.17) is 5.11 Å². The molecule has 0 aromatic rings. The zero-order valence-electron chi connectivity index (χ0n) is 8.30. The first-order valence-electron chi connectivity index (χ1n) is 4.58. The van der Waals surface area contributed by atoms with Crippen molar-refractivity contribution >= 4 is 16.0 Å². The quantitative estimate of drug-likeness (QED) is 0.735. The van der Waals surface area contributed by atoms with E-state index in [1.54, 1.807) is 13.8 Å². The highest BCUT2D eigenvalue weighted by Crippen LogP contribution is 2.21. The summed E-state index contributed by atoms with van der Waals surface area (Å²) in [5.41, 5.74) is 0. The van der Waals surface area contributed by atoms with E-state index in [1.165, 1.54) is 0 Å². The third kappa shape index (κ3) is 2.06. The minimum Gasteiger partial charge on any atom is -0.480 e. The minimum atomic E-state index is -3.32. The molecule has 5 nitrogen and oxygen atoms in total. The second-order valence-electron chi connectivity index (χ2n) is 3.81. The lowest BCUT2D eigenvalue weighted by molar-refractivity contribution is -0.142. The smallest absolute Gasteiger partial charge is 0.322 e. The molecule has 0 bridgehead atoms. The Morgan fingerprint density at radius 1 is 1.43 bits per heavy atom. The molecule has 0 aliphatic carbocycles. The van der Waals surface area contributed by atoms with Crippen molar-refractivity contribution in [3.8, 4) is 0 Å². The van der Waals surface area contributed by atoms with Crippen LogP contribution in [0.15, 0.2) is 0 Å². The van der Waals surface area contributed by atoms with Gasteiger partial charge in [0.15, 0.2) is 0 Å². The van der Waals surface area contributed by atoms with Gasteiger partial charge in [0.1, 0.15) is 6.04 Å². The van der Waals surface area contributed by atoms with Gasteiger partial charge in [-0.15, -0.1) is 0 Å². The van der Waals surface area contributed by atoms with E-state index in [2.05, 4.69) is 0 Å². The van der Waals surface area contributed by atoms with Crippen LogP contribution in [0.2, 0.25) is 0 Å². The molecule has 1 saturated heterocycles. The molecule has 1 aliphatic heterocycles. The molecule has 82 valence electrons. The third-order valence-corrected chi connectivity index (χ3v) is 4.26. The van der Waals surface area contributed by atoms with Crippen LogP contribution in [0, 0.1) is 5.92 Å². The maximum absolute atomic E-state index is 11.5. The highest BCUT2D eigenvalue weighted by Gasteiger charge is 2.39. The largest absolute Gasteiger partial charge is 0.480 e. The molecule has 0 aromatic heterocycles. The Morgan fingerprint density at radius 3 is 2.29 bits per heavy atom.